The number of fused-ring (bicyclic) bond motifs is 2. The Kier molecular flexibility index (Phi) is 3.92. The largest absolute Gasteiger partial charge is 0.497 e. The van der Waals surface area contributed by atoms with Gasteiger partial charge >= 0.3 is 0 Å². The minimum atomic E-state index is -0.0538. The van der Waals surface area contributed by atoms with Gasteiger partial charge in [-0.05, 0) is 61.6 Å². The Bertz CT molecular complexity index is 945. The number of carbonyl (C=O) groups excluding carboxylic acids is 1. The van der Waals surface area contributed by atoms with Crippen LogP contribution in [0.1, 0.15) is 46.1 Å². The van der Waals surface area contributed by atoms with Crippen molar-refractivity contribution in [3.8, 4) is 5.75 Å². The number of rotatable bonds is 3. The average Bonchev–Trinajstić information content (AvgIpc) is 3.00. The highest BCUT2D eigenvalue weighted by atomic mass is 16.5. The normalized spacial score (nSPS) is 16.5. The number of methoxy groups -OCH3 is 1. The fourth-order valence-corrected chi connectivity index (χ4v) is 3.56. The topological polar surface area (TPSA) is 55.6 Å². The molecule has 5 heteroatoms. The van der Waals surface area contributed by atoms with Crippen molar-refractivity contribution in [2.75, 3.05) is 7.11 Å². The molecule has 5 nitrogen and oxygen atoms in total. The van der Waals surface area contributed by atoms with E-state index in [0.29, 0.717) is 5.56 Å². The zero-order chi connectivity index (χ0) is 17.4. The molecule has 0 radical (unpaired) electrons. The molecule has 0 aliphatic heterocycles. The lowest BCUT2D eigenvalue weighted by Crippen LogP contribution is -2.31. The van der Waals surface area contributed by atoms with Crippen molar-refractivity contribution in [2.24, 2.45) is 0 Å². The molecule has 1 aliphatic rings. The summed E-state index contributed by atoms with van der Waals surface area (Å²) in [7, 11) is 1.68. The molecule has 0 saturated heterocycles. The summed E-state index contributed by atoms with van der Waals surface area (Å²) in [6, 6.07) is 9.86. The van der Waals surface area contributed by atoms with Crippen LogP contribution in [0.25, 0.3) is 5.65 Å². The predicted octanol–water partition coefficient (Wildman–Crippen LogP) is 3.46. The first kappa shape index (κ1) is 15.7. The standard InChI is InChI=1S/C20H21N3O2/c1-13-11-23-12-15(6-9-19(23)21-13)20(24)22-18-5-3-4-14-10-16(25-2)7-8-17(14)18/h6-12,18H,3-5H2,1-2H3,(H,22,24). The van der Waals surface area contributed by atoms with E-state index in [1.807, 2.05) is 41.9 Å². The summed E-state index contributed by atoms with van der Waals surface area (Å²) in [5, 5.41) is 3.19. The van der Waals surface area contributed by atoms with Gasteiger partial charge in [-0.15, -0.1) is 0 Å². The molecular weight excluding hydrogens is 314 g/mol. The Morgan fingerprint density at radius 1 is 1.28 bits per heavy atom. The summed E-state index contributed by atoms with van der Waals surface area (Å²) in [5.41, 5.74) is 4.89. The average molecular weight is 335 g/mol. The number of nitrogens with one attached hydrogen (secondary N) is 1. The van der Waals surface area contributed by atoms with Gasteiger partial charge in [0.05, 0.1) is 24.4 Å². The van der Waals surface area contributed by atoms with Crippen LogP contribution >= 0.6 is 0 Å². The van der Waals surface area contributed by atoms with Crippen LogP contribution < -0.4 is 10.1 Å². The van der Waals surface area contributed by atoms with Gasteiger partial charge in [-0.25, -0.2) is 4.98 Å². The first-order valence-corrected chi connectivity index (χ1v) is 8.57. The number of nitrogens with zero attached hydrogens (tertiary/aromatic N) is 2. The highest BCUT2D eigenvalue weighted by Crippen LogP contribution is 2.32. The lowest BCUT2D eigenvalue weighted by molar-refractivity contribution is 0.0932. The fourth-order valence-electron chi connectivity index (χ4n) is 3.56. The number of pyridine rings is 1. The van der Waals surface area contributed by atoms with Gasteiger partial charge in [0.15, 0.2) is 0 Å². The predicted molar refractivity (Wildman–Crippen MR) is 96.1 cm³/mol. The second kappa shape index (κ2) is 6.24. The maximum absolute atomic E-state index is 12.7. The molecule has 3 aromatic rings. The SMILES string of the molecule is COc1ccc2c(c1)CCCC2NC(=O)c1ccc2nc(C)cn2c1. The Morgan fingerprint density at radius 2 is 2.16 bits per heavy atom. The lowest BCUT2D eigenvalue weighted by atomic mass is 9.87. The van der Waals surface area contributed by atoms with Crippen LogP contribution in [0.4, 0.5) is 0 Å². The van der Waals surface area contributed by atoms with Crippen molar-refractivity contribution >= 4 is 11.6 Å². The van der Waals surface area contributed by atoms with Gasteiger partial charge < -0.3 is 14.5 Å². The van der Waals surface area contributed by atoms with E-state index in [0.717, 1.165) is 36.4 Å². The third-order valence-corrected chi connectivity index (χ3v) is 4.80. The van der Waals surface area contributed by atoms with E-state index in [-0.39, 0.29) is 11.9 Å². The summed E-state index contributed by atoms with van der Waals surface area (Å²) in [6.07, 6.45) is 6.80. The van der Waals surface area contributed by atoms with Crippen LogP contribution in [0.15, 0.2) is 42.7 Å². The zero-order valence-corrected chi connectivity index (χ0v) is 14.5. The van der Waals surface area contributed by atoms with Crippen molar-refractivity contribution in [1.82, 2.24) is 14.7 Å². The van der Waals surface area contributed by atoms with Crippen LogP contribution in [0.5, 0.6) is 5.75 Å². The lowest BCUT2D eigenvalue weighted by Gasteiger charge is -2.26. The molecule has 2 heterocycles. The van der Waals surface area contributed by atoms with E-state index < -0.39 is 0 Å². The first-order chi connectivity index (χ1) is 12.1. The van der Waals surface area contributed by atoms with Crippen LogP contribution in [0.3, 0.4) is 0 Å². The van der Waals surface area contributed by atoms with Crippen molar-refractivity contribution < 1.29 is 9.53 Å². The van der Waals surface area contributed by atoms with Crippen LogP contribution in [-0.4, -0.2) is 22.4 Å². The molecule has 1 amide bonds. The summed E-state index contributed by atoms with van der Waals surface area (Å²) in [6.45, 7) is 1.94. The smallest absolute Gasteiger partial charge is 0.253 e. The molecule has 0 bridgehead atoms. The third-order valence-electron chi connectivity index (χ3n) is 4.80. The monoisotopic (exact) mass is 335 g/mol. The van der Waals surface area contributed by atoms with Crippen molar-refractivity contribution in [3.05, 3.63) is 65.1 Å². The van der Waals surface area contributed by atoms with E-state index in [4.69, 9.17) is 4.74 Å². The van der Waals surface area contributed by atoms with Gasteiger partial charge in [0.25, 0.3) is 5.91 Å². The van der Waals surface area contributed by atoms with E-state index in [1.165, 1.54) is 11.1 Å². The molecule has 1 unspecified atom stereocenters. The first-order valence-electron chi connectivity index (χ1n) is 8.57. The summed E-state index contributed by atoms with van der Waals surface area (Å²) < 4.78 is 7.21. The molecule has 0 fully saturated rings. The van der Waals surface area contributed by atoms with Crippen molar-refractivity contribution in [1.29, 1.82) is 0 Å². The molecule has 2 aromatic heterocycles. The van der Waals surface area contributed by atoms with Gasteiger partial charge in [0.2, 0.25) is 0 Å². The number of aromatic nitrogens is 2. The van der Waals surface area contributed by atoms with Crippen LogP contribution in [-0.2, 0) is 6.42 Å². The minimum Gasteiger partial charge on any atom is -0.497 e. The van der Waals surface area contributed by atoms with Crippen LogP contribution in [0, 0.1) is 6.92 Å². The van der Waals surface area contributed by atoms with Gasteiger partial charge in [-0.3, -0.25) is 4.79 Å². The third kappa shape index (κ3) is 2.97. The van der Waals surface area contributed by atoms with Crippen molar-refractivity contribution in [3.63, 3.8) is 0 Å². The molecule has 128 valence electrons. The van der Waals surface area contributed by atoms with Gasteiger partial charge in [0.1, 0.15) is 11.4 Å². The number of amides is 1. The minimum absolute atomic E-state index is 0.0439. The van der Waals surface area contributed by atoms with E-state index >= 15 is 0 Å². The van der Waals surface area contributed by atoms with Gasteiger partial charge in [-0.2, -0.15) is 0 Å². The number of benzene rings is 1. The second-order valence-corrected chi connectivity index (χ2v) is 6.55. The Balaban J connectivity index is 1.58. The van der Waals surface area contributed by atoms with E-state index in [9.17, 15) is 4.79 Å². The fraction of sp³-hybridized carbons (Fsp3) is 0.300. The molecule has 4 rings (SSSR count). The Hall–Kier alpha value is -2.82. The second-order valence-electron chi connectivity index (χ2n) is 6.55. The highest BCUT2D eigenvalue weighted by Gasteiger charge is 2.23. The molecule has 0 saturated carbocycles. The van der Waals surface area contributed by atoms with Crippen LogP contribution in [0.2, 0.25) is 0 Å². The van der Waals surface area contributed by atoms with E-state index in [1.54, 1.807) is 7.11 Å². The molecule has 1 N–H and O–H groups in total. The number of hydrogen-bond acceptors (Lipinski definition) is 3. The van der Waals surface area contributed by atoms with E-state index in [2.05, 4.69) is 22.4 Å². The zero-order valence-electron chi connectivity index (χ0n) is 14.5. The molecule has 1 atom stereocenters. The Labute approximate surface area is 146 Å². The summed E-state index contributed by atoms with van der Waals surface area (Å²) >= 11 is 0. The number of carbonyl (C=O) groups is 1. The summed E-state index contributed by atoms with van der Waals surface area (Å²) in [4.78, 5) is 17.1. The molecule has 25 heavy (non-hydrogen) atoms. The Morgan fingerprint density at radius 3 is 3.00 bits per heavy atom. The molecule has 1 aromatic carbocycles. The molecular formula is C20H21N3O2. The molecule has 0 spiro atoms. The highest BCUT2D eigenvalue weighted by molar-refractivity contribution is 5.94. The number of hydrogen-bond donors (Lipinski definition) is 1. The number of ether oxygens (including phenoxy) is 1. The maximum Gasteiger partial charge on any atom is 0.253 e. The summed E-state index contributed by atoms with van der Waals surface area (Å²) in [5.74, 6) is 0.813. The molecule has 1 aliphatic carbocycles. The van der Waals surface area contributed by atoms with Crippen molar-refractivity contribution in [2.45, 2.75) is 32.2 Å². The number of imidazole rings is 1. The maximum atomic E-state index is 12.7. The quantitative estimate of drug-likeness (QED) is 0.797. The van der Waals surface area contributed by atoms with Gasteiger partial charge in [-0.1, -0.05) is 6.07 Å². The van der Waals surface area contributed by atoms with Gasteiger partial charge in [0, 0.05) is 12.4 Å². The number of aryl methyl sites for hydroxylation is 2.